The molecule has 0 bridgehead atoms. The van der Waals surface area contributed by atoms with Gasteiger partial charge >= 0.3 is 0 Å². The Balaban J connectivity index is 0. The van der Waals surface area contributed by atoms with Gasteiger partial charge in [0, 0.05) is 0 Å². The van der Waals surface area contributed by atoms with Crippen LogP contribution in [0.25, 0.3) is 0 Å². The molecule has 0 aliphatic heterocycles. The second kappa shape index (κ2) is 4.60. The van der Waals surface area contributed by atoms with Crippen LogP contribution in [-0.4, -0.2) is 32.2 Å². The maximum Gasteiger partial charge on any atom is 0.0912 e. The van der Waals surface area contributed by atoms with E-state index < -0.39 is 0 Å². The van der Waals surface area contributed by atoms with Crippen molar-refractivity contribution in [1.82, 2.24) is 0 Å². The summed E-state index contributed by atoms with van der Waals surface area (Å²) in [5.74, 6) is 0. The molecule has 0 atom stereocenters. The van der Waals surface area contributed by atoms with E-state index in [9.17, 15) is 0 Å². The highest BCUT2D eigenvalue weighted by atomic mass is 35.5. The third kappa shape index (κ3) is 11.4. The van der Waals surface area contributed by atoms with E-state index >= 15 is 0 Å². The number of hydrogen-bond acceptors (Lipinski definition) is 1. The van der Waals surface area contributed by atoms with Gasteiger partial charge in [0.15, 0.2) is 0 Å². The van der Waals surface area contributed by atoms with Crippen LogP contribution in [0.1, 0.15) is 6.42 Å². The van der Waals surface area contributed by atoms with Crippen LogP contribution in [-0.2, 0) is 0 Å². The maximum atomic E-state index is 8.17. The average molecular weight is 149 g/mol. The summed E-state index contributed by atoms with van der Waals surface area (Å²) < 4.78 is 0.883. The van der Waals surface area contributed by atoms with Crippen LogP contribution in [0.4, 0.5) is 0 Å². The molecule has 0 saturated heterocycles. The van der Waals surface area contributed by atoms with Crippen molar-refractivity contribution in [2.75, 3.05) is 27.7 Å². The first-order chi connectivity index (χ1) is 3.56. The Bertz CT molecular complexity index is 98.6. The highest BCUT2D eigenvalue weighted by Crippen LogP contribution is 1.90. The molecule has 0 unspecified atom stereocenters. The van der Waals surface area contributed by atoms with E-state index in [2.05, 4.69) is 27.2 Å². The van der Waals surface area contributed by atoms with E-state index in [4.69, 9.17) is 5.26 Å². The molecule has 0 heterocycles. The van der Waals surface area contributed by atoms with Crippen molar-refractivity contribution in [2.45, 2.75) is 6.42 Å². The lowest BCUT2D eigenvalue weighted by atomic mass is 10.4. The molecule has 0 saturated carbocycles. The first kappa shape index (κ1) is 11.5. The molecule has 0 rings (SSSR count). The Morgan fingerprint density at radius 2 is 1.78 bits per heavy atom. The first-order valence-corrected chi connectivity index (χ1v) is 2.74. The first-order valence-electron chi connectivity index (χ1n) is 2.74. The molecule has 0 aromatic rings. The Morgan fingerprint density at radius 1 is 1.33 bits per heavy atom. The molecule has 0 aromatic heterocycles. The zero-order valence-corrected chi connectivity index (χ0v) is 6.94. The summed E-state index contributed by atoms with van der Waals surface area (Å²) in [4.78, 5) is 0. The van der Waals surface area contributed by atoms with Gasteiger partial charge in [-0.15, -0.1) is 0 Å². The van der Waals surface area contributed by atoms with Crippen molar-refractivity contribution < 1.29 is 16.9 Å². The van der Waals surface area contributed by atoms with E-state index in [1.54, 1.807) is 0 Å². The van der Waals surface area contributed by atoms with Gasteiger partial charge in [0.25, 0.3) is 0 Å². The second-order valence-corrected chi connectivity index (χ2v) is 2.92. The minimum atomic E-state index is 0. The molecule has 0 spiro atoms. The molecular formula is C6H13ClN2. The molecule has 0 aliphatic carbocycles. The van der Waals surface area contributed by atoms with E-state index in [1.165, 1.54) is 0 Å². The van der Waals surface area contributed by atoms with E-state index in [1.807, 2.05) is 0 Å². The van der Waals surface area contributed by atoms with Crippen molar-refractivity contribution in [2.24, 2.45) is 0 Å². The molecule has 0 aliphatic rings. The maximum absolute atomic E-state index is 8.17. The SMILES string of the molecule is C[N+](C)(C)CCC#N.[Cl-]. The van der Waals surface area contributed by atoms with Crippen LogP contribution in [0.15, 0.2) is 0 Å². The summed E-state index contributed by atoms with van der Waals surface area (Å²) in [6, 6.07) is 2.11. The lowest BCUT2D eigenvalue weighted by molar-refractivity contribution is -0.869. The average Bonchev–Trinajstić information content (AvgIpc) is 1.59. The molecule has 0 amide bonds. The Labute approximate surface area is 63.1 Å². The van der Waals surface area contributed by atoms with E-state index in [-0.39, 0.29) is 12.4 Å². The van der Waals surface area contributed by atoms with Crippen LogP contribution in [0, 0.1) is 11.3 Å². The third-order valence-electron chi connectivity index (χ3n) is 0.894. The van der Waals surface area contributed by atoms with Gasteiger partial charge in [-0.1, -0.05) is 0 Å². The van der Waals surface area contributed by atoms with Gasteiger partial charge in [-0.05, 0) is 0 Å². The predicted molar refractivity (Wildman–Crippen MR) is 33.1 cm³/mol. The second-order valence-electron chi connectivity index (χ2n) is 2.92. The number of hydrogen-bond donors (Lipinski definition) is 0. The number of nitrogens with zero attached hydrogens (tertiary/aromatic N) is 2. The number of quaternary nitrogens is 1. The fourth-order valence-electron chi connectivity index (χ4n) is 0.385. The quantitative estimate of drug-likeness (QED) is 0.401. The van der Waals surface area contributed by atoms with Crippen molar-refractivity contribution in [3.63, 3.8) is 0 Å². The Morgan fingerprint density at radius 3 is 1.89 bits per heavy atom. The lowest BCUT2D eigenvalue weighted by Crippen LogP contribution is -3.00. The molecule has 0 radical (unpaired) electrons. The van der Waals surface area contributed by atoms with Crippen molar-refractivity contribution in [3.05, 3.63) is 0 Å². The van der Waals surface area contributed by atoms with Gasteiger partial charge in [0.1, 0.15) is 0 Å². The van der Waals surface area contributed by atoms with Crippen LogP contribution >= 0.6 is 0 Å². The summed E-state index contributed by atoms with van der Waals surface area (Å²) in [5.41, 5.74) is 0. The van der Waals surface area contributed by atoms with Crippen molar-refractivity contribution in [3.8, 4) is 6.07 Å². The number of rotatable bonds is 2. The normalized spacial score (nSPS) is 9.56. The van der Waals surface area contributed by atoms with Crippen LogP contribution in [0.5, 0.6) is 0 Å². The topological polar surface area (TPSA) is 23.8 Å². The third-order valence-corrected chi connectivity index (χ3v) is 0.894. The standard InChI is InChI=1S/C6H13N2.ClH/c1-8(2,3)6-4-5-7;/h4,6H2,1-3H3;1H/q+1;/p-1. The summed E-state index contributed by atoms with van der Waals surface area (Å²) in [6.07, 6.45) is 0.656. The largest absolute Gasteiger partial charge is 1.00 e. The molecule has 3 heteroatoms. The molecule has 54 valence electrons. The van der Waals surface area contributed by atoms with Crippen LogP contribution < -0.4 is 12.4 Å². The molecule has 0 fully saturated rings. The highest BCUT2D eigenvalue weighted by Gasteiger charge is 2.03. The minimum absolute atomic E-state index is 0. The highest BCUT2D eigenvalue weighted by molar-refractivity contribution is 4.66. The van der Waals surface area contributed by atoms with Crippen molar-refractivity contribution in [1.29, 1.82) is 5.26 Å². The van der Waals surface area contributed by atoms with Crippen LogP contribution in [0.3, 0.4) is 0 Å². The zero-order chi connectivity index (χ0) is 6.62. The number of halogens is 1. The molecule has 9 heavy (non-hydrogen) atoms. The summed E-state index contributed by atoms with van der Waals surface area (Å²) in [7, 11) is 6.24. The van der Waals surface area contributed by atoms with E-state index in [0.717, 1.165) is 11.0 Å². The summed E-state index contributed by atoms with van der Waals surface area (Å²) >= 11 is 0. The van der Waals surface area contributed by atoms with Gasteiger partial charge in [-0.3, -0.25) is 0 Å². The van der Waals surface area contributed by atoms with Gasteiger partial charge in [0.05, 0.1) is 40.2 Å². The Hall–Kier alpha value is -0.260. The monoisotopic (exact) mass is 148 g/mol. The Kier molecular flexibility index (Phi) is 5.89. The molecular weight excluding hydrogens is 136 g/mol. The van der Waals surface area contributed by atoms with E-state index in [0.29, 0.717) is 6.42 Å². The molecule has 0 N–H and O–H groups in total. The number of nitriles is 1. The van der Waals surface area contributed by atoms with Gasteiger partial charge in [0.2, 0.25) is 0 Å². The fraction of sp³-hybridized carbons (Fsp3) is 0.833. The van der Waals surface area contributed by atoms with Gasteiger partial charge in [-0.2, -0.15) is 5.26 Å². The predicted octanol–water partition coefficient (Wildman–Crippen LogP) is -2.39. The lowest BCUT2D eigenvalue weighted by Gasteiger charge is -2.21. The molecule has 0 aromatic carbocycles. The fourth-order valence-corrected chi connectivity index (χ4v) is 0.385. The summed E-state index contributed by atoms with van der Waals surface area (Å²) in [5, 5.41) is 8.17. The van der Waals surface area contributed by atoms with Gasteiger partial charge < -0.3 is 16.9 Å². The summed E-state index contributed by atoms with van der Waals surface area (Å²) in [6.45, 7) is 0.941. The minimum Gasteiger partial charge on any atom is -1.00 e. The zero-order valence-electron chi connectivity index (χ0n) is 6.19. The van der Waals surface area contributed by atoms with Crippen molar-refractivity contribution >= 4 is 0 Å². The molecule has 2 nitrogen and oxygen atoms in total. The smallest absolute Gasteiger partial charge is 0.0912 e. The van der Waals surface area contributed by atoms with Gasteiger partial charge in [-0.25, -0.2) is 0 Å². The van der Waals surface area contributed by atoms with Crippen LogP contribution in [0.2, 0.25) is 0 Å².